The van der Waals surface area contributed by atoms with Gasteiger partial charge in [0.2, 0.25) is 0 Å². The summed E-state index contributed by atoms with van der Waals surface area (Å²) < 4.78 is 0. The Morgan fingerprint density at radius 2 is 1.91 bits per heavy atom. The molecule has 22 heavy (non-hydrogen) atoms. The van der Waals surface area contributed by atoms with Crippen molar-refractivity contribution in [1.29, 1.82) is 0 Å². The summed E-state index contributed by atoms with van der Waals surface area (Å²) in [5.41, 5.74) is 5.81. The average Bonchev–Trinajstić information content (AvgIpc) is 2.92. The number of pyridine rings is 1. The number of hydrogen-bond acceptors (Lipinski definition) is 3. The van der Waals surface area contributed by atoms with Crippen LogP contribution in [-0.2, 0) is 6.42 Å². The molecule has 0 fully saturated rings. The van der Waals surface area contributed by atoms with Crippen LogP contribution in [0.25, 0.3) is 21.7 Å². The van der Waals surface area contributed by atoms with Crippen molar-refractivity contribution in [2.45, 2.75) is 33.6 Å². The van der Waals surface area contributed by atoms with E-state index in [1.807, 2.05) is 24.5 Å². The molecule has 0 saturated heterocycles. The third-order valence-corrected chi connectivity index (χ3v) is 4.75. The highest BCUT2D eigenvalue weighted by Crippen LogP contribution is 2.37. The third-order valence-electron chi connectivity index (χ3n) is 3.59. The molecule has 0 radical (unpaired) electrons. The van der Waals surface area contributed by atoms with Gasteiger partial charge in [0.15, 0.2) is 0 Å². The zero-order chi connectivity index (χ0) is 15.5. The predicted octanol–water partition coefficient (Wildman–Crippen LogP) is 5.44. The summed E-state index contributed by atoms with van der Waals surface area (Å²) in [6.45, 7) is 6.35. The van der Waals surface area contributed by atoms with Gasteiger partial charge in [-0.25, -0.2) is 4.98 Å². The zero-order valence-electron chi connectivity index (χ0n) is 13.3. The standard InChI is InChI=1S/C19H20N2S/c1-4-6-17-21-18(15-8-5-7-13(2)11-15)19(22-17)16-9-10-20-14(3)12-16/h5,7-12H,4,6H2,1-3H3. The lowest BCUT2D eigenvalue weighted by Gasteiger charge is -2.04. The van der Waals surface area contributed by atoms with Gasteiger partial charge in [-0.05, 0) is 50.5 Å². The average molecular weight is 308 g/mol. The Balaban J connectivity index is 2.16. The molecule has 112 valence electrons. The second-order valence-corrected chi connectivity index (χ2v) is 6.67. The first-order chi connectivity index (χ1) is 10.7. The van der Waals surface area contributed by atoms with Crippen LogP contribution in [0, 0.1) is 13.8 Å². The van der Waals surface area contributed by atoms with Crippen LogP contribution >= 0.6 is 11.3 Å². The minimum absolute atomic E-state index is 1.04. The highest BCUT2D eigenvalue weighted by atomic mass is 32.1. The van der Waals surface area contributed by atoms with Crippen molar-refractivity contribution in [2.75, 3.05) is 0 Å². The number of rotatable bonds is 4. The first kappa shape index (κ1) is 14.9. The van der Waals surface area contributed by atoms with Gasteiger partial charge in [-0.1, -0.05) is 30.7 Å². The van der Waals surface area contributed by atoms with Crippen molar-refractivity contribution in [2.24, 2.45) is 0 Å². The van der Waals surface area contributed by atoms with Gasteiger partial charge in [-0.2, -0.15) is 0 Å². The Hall–Kier alpha value is -2.00. The molecule has 0 atom stereocenters. The topological polar surface area (TPSA) is 25.8 Å². The molecular formula is C19H20N2S. The summed E-state index contributed by atoms with van der Waals surface area (Å²) in [4.78, 5) is 10.5. The van der Waals surface area contributed by atoms with E-state index in [4.69, 9.17) is 4.98 Å². The fraction of sp³-hybridized carbons (Fsp3) is 0.263. The molecule has 2 aromatic heterocycles. The van der Waals surface area contributed by atoms with Gasteiger partial charge in [0.25, 0.3) is 0 Å². The summed E-state index contributed by atoms with van der Waals surface area (Å²) in [6.07, 6.45) is 4.03. The maximum absolute atomic E-state index is 4.92. The molecule has 3 rings (SSSR count). The van der Waals surface area contributed by atoms with Crippen LogP contribution in [0.15, 0.2) is 42.6 Å². The van der Waals surface area contributed by atoms with E-state index < -0.39 is 0 Å². The molecule has 0 aliphatic heterocycles. The minimum atomic E-state index is 1.04. The molecule has 3 aromatic rings. The van der Waals surface area contributed by atoms with E-state index in [1.165, 1.54) is 26.6 Å². The van der Waals surface area contributed by atoms with E-state index in [1.54, 1.807) is 0 Å². The molecule has 1 aromatic carbocycles. The number of aromatic nitrogens is 2. The molecular weight excluding hydrogens is 288 g/mol. The summed E-state index contributed by atoms with van der Waals surface area (Å²) in [7, 11) is 0. The highest BCUT2D eigenvalue weighted by Gasteiger charge is 2.15. The van der Waals surface area contributed by atoms with E-state index in [2.05, 4.69) is 55.2 Å². The van der Waals surface area contributed by atoms with E-state index in [9.17, 15) is 0 Å². The van der Waals surface area contributed by atoms with Crippen LogP contribution in [0.5, 0.6) is 0 Å². The van der Waals surface area contributed by atoms with Gasteiger partial charge in [0.05, 0.1) is 15.6 Å². The van der Waals surface area contributed by atoms with Crippen LogP contribution in [0.3, 0.4) is 0 Å². The summed E-state index contributed by atoms with van der Waals surface area (Å²) >= 11 is 1.81. The van der Waals surface area contributed by atoms with Gasteiger partial charge in [0, 0.05) is 17.5 Å². The molecule has 0 aliphatic rings. The van der Waals surface area contributed by atoms with E-state index in [0.29, 0.717) is 0 Å². The second kappa shape index (κ2) is 6.41. The molecule has 2 heterocycles. The van der Waals surface area contributed by atoms with Gasteiger partial charge >= 0.3 is 0 Å². The quantitative estimate of drug-likeness (QED) is 0.641. The lowest BCUT2D eigenvalue weighted by atomic mass is 10.1. The zero-order valence-corrected chi connectivity index (χ0v) is 14.1. The van der Waals surface area contributed by atoms with Crippen molar-refractivity contribution in [1.82, 2.24) is 9.97 Å². The van der Waals surface area contributed by atoms with Crippen LogP contribution < -0.4 is 0 Å². The third kappa shape index (κ3) is 3.09. The SMILES string of the molecule is CCCc1nc(-c2cccc(C)c2)c(-c2ccnc(C)c2)s1. The molecule has 2 nitrogen and oxygen atoms in total. The van der Waals surface area contributed by atoms with Gasteiger partial charge in [0.1, 0.15) is 0 Å². The van der Waals surface area contributed by atoms with E-state index >= 15 is 0 Å². The first-order valence-electron chi connectivity index (χ1n) is 7.67. The number of nitrogens with zero attached hydrogens (tertiary/aromatic N) is 2. The lowest BCUT2D eigenvalue weighted by molar-refractivity contribution is 0.910. The highest BCUT2D eigenvalue weighted by molar-refractivity contribution is 7.15. The number of aryl methyl sites for hydroxylation is 3. The van der Waals surface area contributed by atoms with Crippen molar-refractivity contribution in [3.63, 3.8) is 0 Å². The first-order valence-corrected chi connectivity index (χ1v) is 8.49. The Kier molecular flexibility index (Phi) is 4.34. The van der Waals surface area contributed by atoms with Gasteiger partial charge in [-0.3, -0.25) is 4.98 Å². The predicted molar refractivity (Wildman–Crippen MR) is 94.3 cm³/mol. The van der Waals surface area contributed by atoms with Crippen molar-refractivity contribution in [3.05, 3.63) is 58.9 Å². The molecule has 0 amide bonds. The van der Waals surface area contributed by atoms with Crippen LogP contribution in [0.2, 0.25) is 0 Å². The monoisotopic (exact) mass is 308 g/mol. The maximum atomic E-state index is 4.92. The smallest absolute Gasteiger partial charge is 0.0939 e. The minimum Gasteiger partial charge on any atom is -0.262 e. The Morgan fingerprint density at radius 3 is 2.64 bits per heavy atom. The van der Waals surface area contributed by atoms with Gasteiger partial charge < -0.3 is 0 Å². The molecule has 3 heteroatoms. The molecule has 0 unspecified atom stereocenters. The molecule has 0 saturated carbocycles. The summed E-state index contributed by atoms with van der Waals surface area (Å²) in [5, 5.41) is 1.21. The van der Waals surface area contributed by atoms with Crippen molar-refractivity contribution < 1.29 is 0 Å². The van der Waals surface area contributed by atoms with Crippen LogP contribution in [-0.4, -0.2) is 9.97 Å². The number of hydrogen-bond donors (Lipinski definition) is 0. The van der Waals surface area contributed by atoms with E-state index in [0.717, 1.165) is 24.2 Å². The largest absolute Gasteiger partial charge is 0.262 e. The Morgan fingerprint density at radius 1 is 1.05 bits per heavy atom. The number of benzene rings is 1. The molecule has 0 N–H and O–H groups in total. The van der Waals surface area contributed by atoms with Crippen LogP contribution in [0.4, 0.5) is 0 Å². The second-order valence-electron chi connectivity index (χ2n) is 5.59. The summed E-state index contributed by atoms with van der Waals surface area (Å²) in [6, 6.07) is 12.8. The van der Waals surface area contributed by atoms with E-state index in [-0.39, 0.29) is 0 Å². The normalized spacial score (nSPS) is 10.9. The van der Waals surface area contributed by atoms with Gasteiger partial charge in [-0.15, -0.1) is 11.3 Å². The maximum Gasteiger partial charge on any atom is 0.0939 e. The number of thiazole rings is 1. The summed E-state index contributed by atoms with van der Waals surface area (Å²) in [5.74, 6) is 0. The fourth-order valence-electron chi connectivity index (χ4n) is 2.56. The lowest BCUT2D eigenvalue weighted by Crippen LogP contribution is -1.86. The van der Waals surface area contributed by atoms with Crippen molar-refractivity contribution >= 4 is 11.3 Å². The Labute approximate surface area is 135 Å². The van der Waals surface area contributed by atoms with Crippen molar-refractivity contribution in [3.8, 4) is 21.7 Å². The molecule has 0 bridgehead atoms. The van der Waals surface area contributed by atoms with Crippen LogP contribution in [0.1, 0.15) is 29.6 Å². The molecule has 0 aliphatic carbocycles. The fourth-order valence-corrected chi connectivity index (χ4v) is 3.74. The molecule has 0 spiro atoms. The Bertz CT molecular complexity index is 727.